The highest BCUT2D eigenvalue weighted by Gasteiger charge is 2.05. The van der Waals surface area contributed by atoms with E-state index in [1.165, 1.54) is 5.56 Å². The minimum absolute atomic E-state index is 0.689. The molecule has 0 atom stereocenters. The Hall–Kier alpha value is -1.94. The fraction of sp³-hybridized carbons (Fsp3) is 0.333. The number of aromatic nitrogens is 2. The molecule has 0 saturated carbocycles. The Morgan fingerprint density at radius 2 is 2.11 bits per heavy atom. The molecule has 0 radical (unpaired) electrons. The minimum Gasteiger partial charge on any atom is -0.382 e. The number of nitrogens with two attached hydrogens (primary N) is 1. The molecule has 2 rings (SSSR count). The first-order chi connectivity index (χ1) is 9.20. The highest BCUT2D eigenvalue weighted by Crippen LogP contribution is 2.19. The van der Waals surface area contributed by atoms with Gasteiger partial charge in [-0.2, -0.15) is 0 Å². The summed E-state index contributed by atoms with van der Waals surface area (Å²) in [6.07, 6.45) is 2.79. The second kappa shape index (κ2) is 6.29. The topological polar surface area (TPSA) is 63.8 Å². The molecular formula is C15H20N4. The maximum atomic E-state index is 5.47. The molecule has 4 heteroatoms. The molecule has 100 valence electrons. The van der Waals surface area contributed by atoms with Gasteiger partial charge >= 0.3 is 0 Å². The molecule has 0 aliphatic rings. The molecule has 0 saturated heterocycles. The van der Waals surface area contributed by atoms with Crippen molar-refractivity contribution in [1.82, 2.24) is 9.97 Å². The Morgan fingerprint density at radius 3 is 2.79 bits per heavy atom. The van der Waals surface area contributed by atoms with Crippen LogP contribution in [0.2, 0.25) is 0 Å². The lowest BCUT2D eigenvalue weighted by Crippen LogP contribution is -2.10. The zero-order valence-electron chi connectivity index (χ0n) is 11.5. The van der Waals surface area contributed by atoms with Gasteiger partial charge < -0.3 is 11.1 Å². The molecule has 1 aromatic carbocycles. The fourth-order valence-electron chi connectivity index (χ4n) is 1.89. The summed E-state index contributed by atoms with van der Waals surface area (Å²) in [4.78, 5) is 8.98. The van der Waals surface area contributed by atoms with Crippen LogP contribution < -0.4 is 11.1 Å². The monoisotopic (exact) mass is 256 g/mol. The Kier molecular flexibility index (Phi) is 4.47. The van der Waals surface area contributed by atoms with Crippen LogP contribution >= 0.6 is 0 Å². The van der Waals surface area contributed by atoms with E-state index in [1.807, 2.05) is 25.3 Å². The van der Waals surface area contributed by atoms with Crippen molar-refractivity contribution in [3.63, 3.8) is 0 Å². The number of benzene rings is 1. The molecular weight excluding hydrogens is 236 g/mol. The number of nitrogens with one attached hydrogen (secondary N) is 1. The normalized spacial score (nSPS) is 10.5. The van der Waals surface area contributed by atoms with Gasteiger partial charge in [-0.3, -0.25) is 0 Å². The predicted molar refractivity (Wildman–Crippen MR) is 79.1 cm³/mol. The largest absolute Gasteiger partial charge is 0.382 e. The Labute approximate surface area is 114 Å². The number of aryl methyl sites for hydroxylation is 2. The molecule has 0 amide bonds. The second-order valence-corrected chi connectivity index (χ2v) is 4.63. The molecule has 1 aromatic heterocycles. The SMILES string of the molecule is Cc1cccc(-c2ncc(NCCCN)c(C)n2)c1. The second-order valence-electron chi connectivity index (χ2n) is 4.63. The Balaban J connectivity index is 2.19. The van der Waals surface area contributed by atoms with Crippen LogP contribution in [0.25, 0.3) is 11.4 Å². The Morgan fingerprint density at radius 1 is 1.26 bits per heavy atom. The van der Waals surface area contributed by atoms with Crippen LogP contribution in [0.5, 0.6) is 0 Å². The smallest absolute Gasteiger partial charge is 0.159 e. The number of anilines is 1. The molecule has 0 spiro atoms. The zero-order chi connectivity index (χ0) is 13.7. The van der Waals surface area contributed by atoms with Gasteiger partial charge in [0.1, 0.15) is 0 Å². The van der Waals surface area contributed by atoms with Crippen LogP contribution in [0.15, 0.2) is 30.5 Å². The summed E-state index contributed by atoms with van der Waals surface area (Å²) in [5, 5.41) is 3.30. The highest BCUT2D eigenvalue weighted by molar-refractivity contribution is 5.58. The van der Waals surface area contributed by atoms with Crippen LogP contribution in [0.4, 0.5) is 5.69 Å². The zero-order valence-corrected chi connectivity index (χ0v) is 11.5. The fourth-order valence-corrected chi connectivity index (χ4v) is 1.89. The van der Waals surface area contributed by atoms with Gasteiger partial charge in [0.15, 0.2) is 5.82 Å². The van der Waals surface area contributed by atoms with Crippen LogP contribution in [0.3, 0.4) is 0 Å². The lowest BCUT2D eigenvalue weighted by Gasteiger charge is -2.09. The molecule has 0 bridgehead atoms. The van der Waals surface area contributed by atoms with E-state index in [1.54, 1.807) is 0 Å². The summed E-state index contributed by atoms with van der Waals surface area (Å²) in [6.45, 7) is 5.60. The standard InChI is InChI=1S/C15H20N4/c1-11-5-3-6-13(9-11)15-18-10-14(12(2)19-15)17-8-4-7-16/h3,5-6,9-10,17H,4,7-8,16H2,1-2H3. The van der Waals surface area contributed by atoms with E-state index in [9.17, 15) is 0 Å². The summed E-state index contributed by atoms with van der Waals surface area (Å²) in [5.41, 5.74) is 9.68. The Bertz CT molecular complexity index is 552. The predicted octanol–water partition coefficient (Wildman–Crippen LogP) is 2.52. The number of hydrogen-bond donors (Lipinski definition) is 2. The summed E-state index contributed by atoms with van der Waals surface area (Å²) in [7, 11) is 0. The van der Waals surface area contributed by atoms with Crippen molar-refractivity contribution >= 4 is 5.69 Å². The van der Waals surface area contributed by atoms with Gasteiger partial charge in [-0.25, -0.2) is 9.97 Å². The third-order valence-corrected chi connectivity index (χ3v) is 2.95. The number of hydrogen-bond acceptors (Lipinski definition) is 4. The first kappa shape index (κ1) is 13.5. The summed E-state index contributed by atoms with van der Waals surface area (Å²) in [6, 6.07) is 8.22. The third-order valence-electron chi connectivity index (χ3n) is 2.95. The van der Waals surface area contributed by atoms with Crippen molar-refractivity contribution in [2.75, 3.05) is 18.4 Å². The molecule has 19 heavy (non-hydrogen) atoms. The quantitative estimate of drug-likeness (QED) is 0.807. The van der Waals surface area contributed by atoms with Gasteiger partial charge in [0, 0.05) is 12.1 Å². The molecule has 2 aromatic rings. The van der Waals surface area contributed by atoms with E-state index in [2.05, 4.69) is 34.3 Å². The maximum Gasteiger partial charge on any atom is 0.159 e. The molecule has 0 aliphatic carbocycles. The molecule has 0 fully saturated rings. The van der Waals surface area contributed by atoms with Crippen molar-refractivity contribution in [1.29, 1.82) is 0 Å². The van der Waals surface area contributed by atoms with Crippen molar-refractivity contribution in [2.45, 2.75) is 20.3 Å². The first-order valence-corrected chi connectivity index (χ1v) is 6.55. The van der Waals surface area contributed by atoms with Gasteiger partial charge in [-0.1, -0.05) is 23.8 Å². The van der Waals surface area contributed by atoms with Gasteiger partial charge in [-0.15, -0.1) is 0 Å². The molecule has 0 aliphatic heterocycles. The molecule has 3 N–H and O–H groups in total. The molecule has 0 unspecified atom stereocenters. The van der Waals surface area contributed by atoms with Gasteiger partial charge in [-0.05, 0) is 32.9 Å². The van der Waals surface area contributed by atoms with E-state index in [4.69, 9.17) is 5.73 Å². The van der Waals surface area contributed by atoms with E-state index in [-0.39, 0.29) is 0 Å². The third kappa shape index (κ3) is 3.51. The van der Waals surface area contributed by atoms with Crippen LogP contribution in [-0.2, 0) is 0 Å². The lowest BCUT2D eigenvalue weighted by molar-refractivity contribution is 0.870. The van der Waals surface area contributed by atoms with Gasteiger partial charge in [0.2, 0.25) is 0 Å². The number of rotatable bonds is 5. The van der Waals surface area contributed by atoms with Crippen LogP contribution in [0, 0.1) is 13.8 Å². The van der Waals surface area contributed by atoms with Gasteiger partial charge in [0.05, 0.1) is 17.6 Å². The molecule has 4 nitrogen and oxygen atoms in total. The van der Waals surface area contributed by atoms with Gasteiger partial charge in [0.25, 0.3) is 0 Å². The average molecular weight is 256 g/mol. The van der Waals surface area contributed by atoms with Crippen molar-refractivity contribution in [2.24, 2.45) is 5.73 Å². The molecule has 1 heterocycles. The maximum absolute atomic E-state index is 5.47. The summed E-state index contributed by atoms with van der Waals surface area (Å²) < 4.78 is 0. The van der Waals surface area contributed by atoms with Crippen molar-refractivity contribution in [3.8, 4) is 11.4 Å². The summed E-state index contributed by atoms with van der Waals surface area (Å²) in [5.74, 6) is 0.769. The first-order valence-electron chi connectivity index (χ1n) is 6.55. The van der Waals surface area contributed by atoms with E-state index in [0.717, 1.165) is 35.7 Å². The van der Waals surface area contributed by atoms with Crippen molar-refractivity contribution in [3.05, 3.63) is 41.7 Å². The van der Waals surface area contributed by atoms with Crippen LogP contribution in [-0.4, -0.2) is 23.1 Å². The van der Waals surface area contributed by atoms with E-state index < -0.39 is 0 Å². The van der Waals surface area contributed by atoms with E-state index in [0.29, 0.717) is 6.54 Å². The van der Waals surface area contributed by atoms with Crippen molar-refractivity contribution < 1.29 is 0 Å². The average Bonchev–Trinajstić information content (AvgIpc) is 2.41. The summed E-state index contributed by atoms with van der Waals surface area (Å²) >= 11 is 0. The van der Waals surface area contributed by atoms with Crippen LogP contribution in [0.1, 0.15) is 17.7 Å². The highest BCUT2D eigenvalue weighted by atomic mass is 15.0. The number of nitrogens with zero attached hydrogens (tertiary/aromatic N) is 2. The lowest BCUT2D eigenvalue weighted by atomic mass is 10.1. The van der Waals surface area contributed by atoms with E-state index >= 15 is 0 Å². The minimum atomic E-state index is 0.689.